The van der Waals surface area contributed by atoms with Gasteiger partial charge in [-0.3, -0.25) is 0 Å². The molecule has 1 aromatic rings. The van der Waals surface area contributed by atoms with Gasteiger partial charge < -0.3 is 5.11 Å². The molecule has 0 saturated carbocycles. The third-order valence-electron chi connectivity index (χ3n) is 1.62. The van der Waals surface area contributed by atoms with Gasteiger partial charge >= 0.3 is 0 Å². The normalized spacial score (nSPS) is 11.9. The molecule has 0 aromatic carbocycles. The lowest BCUT2D eigenvalue weighted by molar-refractivity contribution is 0.447. The van der Waals surface area contributed by atoms with Crippen molar-refractivity contribution in [3.63, 3.8) is 0 Å². The lowest BCUT2D eigenvalue weighted by atomic mass is 10.5. The van der Waals surface area contributed by atoms with Gasteiger partial charge in [0, 0.05) is 6.07 Å². The number of aromatic nitrogens is 1. The third-order valence-corrected chi connectivity index (χ3v) is 3.67. The Labute approximate surface area is 77.2 Å². The molecular formula is C8H11NO3S. The van der Waals surface area contributed by atoms with Gasteiger partial charge in [-0.15, -0.1) is 0 Å². The van der Waals surface area contributed by atoms with Crippen molar-refractivity contribution in [1.29, 1.82) is 0 Å². The molecule has 0 fully saturated rings. The molecule has 0 aliphatic rings. The van der Waals surface area contributed by atoms with Gasteiger partial charge in [0.1, 0.15) is 0 Å². The molecule has 5 heteroatoms. The van der Waals surface area contributed by atoms with E-state index in [1.807, 2.05) is 0 Å². The van der Waals surface area contributed by atoms with Crippen molar-refractivity contribution in [1.82, 2.24) is 4.98 Å². The van der Waals surface area contributed by atoms with E-state index in [0.29, 0.717) is 0 Å². The monoisotopic (exact) mass is 201 g/mol. The second kappa shape index (κ2) is 3.33. The Balaban J connectivity index is 3.24. The lowest BCUT2D eigenvalue weighted by Gasteiger charge is -2.05. The quantitative estimate of drug-likeness (QED) is 0.774. The van der Waals surface area contributed by atoms with Gasteiger partial charge in [-0.05, 0) is 19.9 Å². The predicted molar refractivity (Wildman–Crippen MR) is 48.2 cm³/mol. The first-order valence-electron chi connectivity index (χ1n) is 3.84. The van der Waals surface area contributed by atoms with Crippen molar-refractivity contribution in [2.45, 2.75) is 24.1 Å². The van der Waals surface area contributed by atoms with Crippen LogP contribution in [-0.4, -0.2) is 23.8 Å². The summed E-state index contributed by atoms with van der Waals surface area (Å²) in [7, 11) is -3.37. The van der Waals surface area contributed by atoms with Gasteiger partial charge in [-0.2, -0.15) is 0 Å². The summed E-state index contributed by atoms with van der Waals surface area (Å²) < 4.78 is 23.0. The second-order valence-electron chi connectivity index (χ2n) is 2.93. The Morgan fingerprint density at radius 1 is 1.38 bits per heavy atom. The fourth-order valence-corrected chi connectivity index (χ4v) is 1.78. The summed E-state index contributed by atoms with van der Waals surface area (Å²) in [6.07, 6.45) is 0. The molecule has 0 atom stereocenters. The number of rotatable bonds is 2. The molecule has 4 nitrogen and oxygen atoms in total. The first-order valence-corrected chi connectivity index (χ1v) is 5.39. The molecule has 0 unspecified atom stereocenters. The highest BCUT2D eigenvalue weighted by Gasteiger charge is 2.20. The fraction of sp³-hybridized carbons (Fsp3) is 0.375. The summed E-state index contributed by atoms with van der Waals surface area (Å²) in [6.45, 7) is 3.14. The van der Waals surface area contributed by atoms with Crippen LogP contribution in [0.5, 0.6) is 5.88 Å². The molecule has 1 N–H and O–H groups in total. The van der Waals surface area contributed by atoms with Crippen molar-refractivity contribution in [2.75, 3.05) is 0 Å². The van der Waals surface area contributed by atoms with Gasteiger partial charge in [0.25, 0.3) is 0 Å². The molecule has 1 aromatic heterocycles. The number of hydrogen-bond acceptors (Lipinski definition) is 4. The molecule has 0 spiro atoms. The van der Waals surface area contributed by atoms with Crippen molar-refractivity contribution in [3.8, 4) is 5.88 Å². The van der Waals surface area contributed by atoms with Crippen LogP contribution in [0.25, 0.3) is 0 Å². The minimum Gasteiger partial charge on any atom is -0.493 e. The standard InChI is InChI=1S/C8H11NO3S/c1-6(2)13(11,12)8-5-3-4-7(10)9-8/h3-6H,1-2H3,(H,9,10). The molecule has 0 saturated heterocycles. The SMILES string of the molecule is CC(C)S(=O)(=O)c1cccc(O)n1. The summed E-state index contributed by atoms with van der Waals surface area (Å²) in [5.41, 5.74) is 0. The molecule has 0 aliphatic carbocycles. The van der Waals surface area contributed by atoms with Gasteiger partial charge in [0.15, 0.2) is 14.9 Å². The number of sulfone groups is 1. The summed E-state index contributed by atoms with van der Waals surface area (Å²) in [6, 6.07) is 4.16. The molecule has 72 valence electrons. The number of nitrogens with zero attached hydrogens (tertiary/aromatic N) is 1. The maximum absolute atomic E-state index is 11.5. The van der Waals surface area contributed by atoms with Crippen molar-refractivity contribution >= 4 is 9.84 Å². The maximum Gasteiger partial charge on any atom is 0.211 e. The van der Waals surface area contributed by atoms with Crippen LogP contribution in [0.3, 0.4) is 0 Å². The van der Waals surface area contributed by atoms with Gasteiger partial charge in [0.05, 0.1) is 5.25 Å². The minimum atomic E-state index is -3.37. The van der Waals surface area contributed by atoms with Crippen LogP contribution in [0.4, 0.5) is 0 Å². The van der Waals surface area contributed by atoms with Gasteiger partial charge in [-0.1, -0.05) is 6.07 Å². The highest BCUT2D eigenvalue weighted by atomic mass is 32.2. The summed E-state index contributed by atoms with van der Waals surface area (Å²) in [5, 5.41) is 8.38. The molecule has 0 radical (unpaired) electrons. The number of hydrogen-bond donors (Lipinski definition) is 1. The van der Waals surface area contributed by atoms with Crippen molar-refractivity contribution in [2.24, 2.45) is 0 Å². The van der Waals surface area contributed by atoms with Gasteiger partial charge in [-0.25, -0.2) is 13.4 Å². The fourth-order valence-electron chi connectivity index (χ4n) is 0.804. The van der Waals surface area contributed by atoms with E-state index in [4.69, 9.17) is 5.11 Å². The Morgan fingerprint density at radius 3 is 2.46 bits per heavy atom. The smallest absolute Gasteiger partial charge is 0.211 e. The molecule has 1 rings (SSSR count). The van der Waals surface area contributed by atoms with Crippen LogP contribution in [0.2, 0.25) is 0 Å². The molecule has 13 heavy (non-hydrogen) atoms. The molecule has 0 bridgehead atoms. The van der Waals surface area contributed by atoms with E-state index in [1.165, 1.54) is 18.2 Å². The van der Waals surface area contributed by atoms with Crippen molar-refractivity contribution < 1.29 is 13.5 Å². The highest BCUT2D eigenvalue weighted by molar-refractivity contribution is 7.91. The number of pyridine rings is 1. The molecule has 0 aliphatic heterocycles. The van der Waals surface area contributed by atoms with E-state index in [1.54, 1.807) is 13.8 Å². The Kier molecular flexibility index (Phi) is 2.56. The Morgan fingerprint density at radius 2 is 2.00 bits per heavy atom. The minimum absolute atomic E-state index is 0.0810. The van der Waals surface area contributed by atoms with Crippen LogP contribution in [-0.2, 0) is 9.84 Å². The molecular weight excluding hydrogens is 190 g/mol. The van der Waals surface area contributed by atoms with E-state index < -0.39 is 15.1 Å². The second-order valence-corrected chi connectivity index (χ2v) is 5.38. The molecule has 0 amide bonds. The maximum atomic E-state index is 11.5. The summed E-state index contributed by atoms with van der Waals surface area (Å²) >= 11 is 0. The topological polar surface area (TPSA) is 67.3 Å². The average molecular weight is 201 g/mol. The highest BCUT2D eigenvalue weighted by Crippen LogP contribution is 2.15. The van der Waals surface area contributed by atoms with Crippen LogP contribution < -0.4 is 0 Å². The lowest BCUT2D eigenvalue weighted by Crippen LogP contribution is -2.15. The van der Waals surface area contributed by atoms with E-state index >= 15 is 0 Å². The van der Waals surface area contributed by atoms with E-state index in [-0.39, 0.29) is 10.9 Å². The third kappa shape index (κ3) is 1.98. The van der Waals surface area contributed by atoms with Crippen LogP contribution in [0, 0.1) is 0 Å². The summed E-state index contributed by atoms with van der Waals surface area (Å²) in [4.78, 5) is 3.53. The largest absolute Gasteiger partial charge is 0.493 e. The Hall–Kier alpha value is -1.10. The zero-order valence-corrected chi connectivity index (χ0v) is 8.25. The predicted octanol–water partition coefficient (Wildman–Crippen LogP) is 0.969. The van der Waals surface area contributed by atoms with Crippen molar-refractivity contribution in [3.05, 3.63) is 18.2 Å². The zero-order valence-electron chi connectivity index (χ0n) is 7.43. The summed E-state index contributed by atoms with van der Waals surface area (Å²) in [5.74, 6) is -0.276. The average Bonchev–Trinajstić information content (AvgIpc) is 2.04. The Bertz CT molecular complexity index is 398. The molecule has 1 heterocycles. The zero-order chi connectivity index (χ0) is 10.1. The van der Waals surface area contributed by atoms with Crippen LogP contribution in [0.15, 0.2) is 23.2 Å². The van der Waals surface area contributed by atoms with Crippen LogP contribution in [0.1, 0.15) is 13.8 Å². The van der Waals surface area contributed by atoms with Crippen LogP contribution >= 0.6 is 0 Å². The van der Waals surface area contributed by atoms with Gasteiger partial charge in [0.2, 0.25) is 5.88 Å². The number of aromatic hydroxyl groups is 1. The van der Waals surface area contributed by atoms with E-state index in [0.717, 1.165) is 0 Å². The first kappa shape index (κ1) is 9.98. The van der Waals surface area contributed by atoms with E-state index in [2.05, 4.69) is 4.98 Å². The van der Waals surface area contributed by atoms with E-state index in [9.17, 15) is 8.42 Å². The first-order chi connectivity index (χ1) is 5.94.